The van der Waals surface area contributed by atoms with Crippen LogP contribution in [0.4, 0.5) is 5.69 Å². The van der Waals surface area contributed by atoms with Crippen molar-refractivity contribution in [2.24, 2.45) is 0 Å². The van der Waals surface area contributed by atoms with Crippen molar-refractivity contribution in [1.82, 2.24) is 0 Å². The number of amides is 1. The minimum Gasteiger partial charge on any atom is -0.493 e. The highest BCUT2D eigenvalue weighted by molar-refractivity contribution is 6.04. The Hall–Kier alpha value is -3.81. The van der Waals surface area contributed by atoms with Gasteiger partial charge in [0, 0.05) is 11.8 Å². The van der Waals surface area contributed by atoms with Gasteiger partial charge in [-0.2, -0.15) is 0 Å². The first-order valence-electron chi connectivity index (χ1n) is 9.62. The highest BCUT2D eigenvalue weighted by Crippen LogP contribution is 2.28. The molecule has 31 heavy (non-hydrogen) atoms. The van der Waals surface area contributed by atoms with Crippen molar-refractivity contribution in [1.29, 1.82) is 0 Å². The lowest BCUT2D eigenvalue weighted by atomic mass is 10.1. The minimum atomic E-state index is -0.606. The number of carbonyl (C=O) groups is 3. The molecular formula is C23H25NO7. The molecule has 0 aliphatic rings. The number of carbonyl (C=O) groups excluding carboxylic acids is 3. The lowest BCUT2D eigenvalue weighted by Crippen LogP contribution is -2.13. The van der Waals surface area contributed by atoms with Crippen molar-refractivity contribution in [2.75, 3.05) is 32.8 Å². The van der Waals surface area contributed by atoms with Gasteiger partial charge in [-0.3, -0.25) is 4.79 Å². The Morgan fingerprint density at radius 1 is 0.839 bits per heavy atom. The molecule has 0 bridgehead atoms. The van der Waals surface area contributed by atoms with E-state index in [2.05, 4.69) is 5.32 Å². The zero-order valence-corrected chi connectivity index (χ0v) is 17.9. The number of benzene rings is 2. The molecule has 1 amide bonds. The maximum Gasteiger partial charge on any atom is 0.338 e. The number of hydrogen-bond acceptors (Lipinski definition) is 7. The summed E-state index contributed by atoms with van der Waals surface area (Å²) in [5.74, 6) is -0.557. The van der Waals surface area contributed by atoms with Crippen LogP contribution in [0.15, 0.2) is 42.5 Å². The monoisotopic (exact) mass is 427 g/mol. The molecule has 0 aliphatic heterocycles. The summed E-state index contributed by atoms with van der Waals surface area (Å²) >= 11 is 0. The lowest BCUT2D eigenvalue weighted by Gasteiger charge is -2.10. The topological polar surface area (TPSA) is 100 Å². The third-order valence-corrected chi connectivity index (χ3v) is 4.06. The van der Waals surface area contributed by atoms with Crippen molar-refractivity contribution < 1.29 is 33.3 Å². The van der Waals surface area contributed by atoms with Crippen LogP contribution in [0.3, 0.4) is 0 Å². The number of methoxy groups -OCH3 is 2. The first-order valence-corrected chi connectivity index (χ1v) is 9.62. The Morgan fingerprint density at radius 2 is 1.42 bits per heavy atom. The number of anilines is 1. The fourth-order valence-corrected chi connectivity index (χ4v) is 2.68. The van der Waals surface area contributed by atoms with Crippen LogP contribution in [-0.4, -0.2) is 45.3 Å². The normalized spacial score (nSPS) is 10.5. The van der Waals surface area contributed by atoms with Crippen LogP contribution in [0.1, 0.15) is 40.1 Å². The van der Waals surface area contributed by atoms with Crippen LogP contribution in [0.2, 0.25) is 0 Å². The molecule has 0 heterocycles. The molecule has 2 rings (SSSR count). The predicted molar refractivity (Wildman–Crippen MR) is 116 cm³/mol. The smallest absolute Gasteiger partial charge is 0.338 e. The van der Waals surface area contributed by atoms with E-state index in [0.717, 1.165) is 5.56 Å². The van der Waals surface area contributed by atoms with Gasteiger partial charge in [-0.15, -0.1) is 0 Å². The molecule has 0 aliphatic carbocycles. The Labute approximate surface area is 180 Å². The summed E-state index contributed by atoms with van der Waals surface area (Å²) in [4.78, 5) is 36.6. The molecule has 1 N–H and O–H groups in total. The summed E-state index contributed by atoms with van der Waals surface area (Å²) in [5, 5.41) is 2.64. The molecule has 0 aromatic heterocycles. The molecule has 2 aromatic carbocycles. The second kappa shape index (κ2) is 11.4. The van der Waals surface area contributed by atoms with Crippen molar-refractivity contribution in [3.63, 3.8) is 0 Å². The highest BCUT2D eigenvalue weighted by atomic mass is 16.5. The zero-order chi connectivity index (χ0) is 22.8. The molecule has 0 unspecified atom stereocenters. The van der Waals surface area contributed by atoms with E-state index in [9.17, 15) is 14.4 Å². The van der Waals surface area contributed by atoms with Crippen LogP contribution in [0.5, 0.6) is 11.5 Å². The van der Waals surface area contributed by atoms with Gasteiger partial charge >= 0.3 is 11.9 Å². The van der Waals surface area contributed by atoms with Gasteiger partial charge in [0.25, 0.3) is 0 Å². The third-order valence-electron chi connectivity index (χ3n) is 4.06. The van der Waals surface area contributed by atoms with Gasteiger partial charge in [0.05, 0.1) is 38.6 Å². The van der Waals surface area contributed by atoms with Crippen molar-refractivity contribution >= 4 is 29.6 Å². The van der Waals surface area contributed by atoms with Crippen LogP contribution in [0, 0.1) is 0 Å². The summed E-state index contributed by atoms with van der Waals surface area (Å²) in [6, 6.07) is 9.45. The number of esters is 2. The van der Waals surface area contributed by atoms with E-state index < -0.39 is 17.8 Å². The summed E-state index contributed by atoms with van der Waals surface area (Å²) in [6.45, 7) is 3.71. The van der Waals surface area contributed by atoms with E-state index in [1.807, 2.05) is 0 Å². The maximum atomic E-state index is 12.4. The fourth-order valence-electron chi connectivity index (χ4n) is 2.68. The van der Waals surface area contributed by atoms with Crippen LogP contribution in [-0.2, 0) is 14.3 Å². The van der Waals surface area contributed by atoms with Crippen LogP contribution in [0.25, 0.3) is 6.08 Å². The first kappa shape index (κ1) is 23.5. The Morgan fingerprint density at radius 3 is 1.94 bits per heavy atom. The van der Waals surface area contributed by atoms with Gasteiger partial charge in [-0.25, -0.2) is 9.59 Å². The molecule has 2 aromatic rings. The predicted octanol–water partition coefficient (Wildman–Crippen LogP) is 3.71. The number of ether oxygens (including phenoxy) is 4. The van der Waals surface area contributed by atoms with E-state index in [1.165, 1.54) is 38.5 Å². The highest BCUT2D eigenvalue weighted by Gasteiger charge is 2.15. The molecule has 8 heteroatoms. The summed E-state index contributed by atoms with van der Waals surface area (Å²) in [5.41, 5.74) is 1.24. The van der Waals surface area contributed by atoms with Gasteiger partial charge in [0.2, 0.25) is 5.91 Å². The summed E-state index contributed by atoms with van der Waals surface area (Å²) < 4.78 is 20.4. The third kappa shape index (κ3) is 6.60. The second-order valence-corrected chi connectivity index (χ2v) is 6.18. The van der Waals surface area contributed by atoms with Gasteiger partial charge < -0.3 is 24.3 Å². The molecule has 0 spiro atoms. The Balaban J connectivity index is 2.23. The molecule has 0 saturated heterocycles. The summed E-state index contributed by atoms with van der Waals surface area (Å²) in [6.07, 6.45) is 2.92. The number of hydrogen-bond donors (Lipinski definition) is 1. The summed E-state index contributed by atoms with van der Waals surface area (Å²) in [7, 11) is 3.06. The quantitative estimate of drug-likeness (QED) is 0.481. The van der Waals surface area contributed by atoms with Crippen molar-refractivity contribution in [2.45, 2.75) is 13.8 Å². The SMILES string of the molecule is CCOC(=O)c1cc(NC(=O)/C=C/c2ccc(OC)c(OC)c2)cc(C(=O)OCC)c1. The number of nitrogens with one attached hydrogen (secondary N) is 1. The van der Waals surface area contributed by atoms with E-state index in [0.29, 0.717) is 11.5 Å². The van der Waals surface area contributed by atoms with Gasteiger partial charge in [-0.05, 0) is 55.8 Å². The zero-order valence-electron chi connectivity index (χ0n) is 17.9. The molecule has 0 fully saturated rings. The van der Waals surface area contributed by atoms with Crippen molar-refractivity contribution in [3.05, 3.63) is 59.2 Å². The molecule has 0 atom stereocenters. The lowest BCUT2D eigenvalue weighted by molar-refractivity contribution is -0.111. The van der Waals surface area contributed by atoms with E-state index in [4.69, 9.17) is 18.9 Å². The first-order chi connectivity index (χ1) is 14.9. The molecule has 8 nitrogen and oxygen atoms in total. The maximum absolute atomic E-state index is 12.4. The standard InChI is InChI=1S/C23H25NO7/c1-5-30-22(26)16-12-17(23(27)31-6-2)14-18(13-16)24-21(25)10-8-15-7-9-19(28-3)20(11-15)29-4/h7-14H,5-6H2,1-4H3,(H,24,25)/b10-8+. The van der Waals surface area contributed by atoms with Gasteiger partial charge in [-0.1, -0.05) is 6.07 Å². The van der Waals surface area contributed by atoms with Gasteiger partial charge in [0.15, 0.2) is 11.5 Å². The average molecular weight is 427 g/mol. The average Bonchev–Trinajstić information content (AvgIpc) is 2.77. The van der Waals surface area contributed by atoms with Crippen LogP contribution < -0.4 is 14.8 Å². The Bertz CT molecular complexity index is 946. The second-order valence-electron chi connectivity index (χ2n) is 6.18. The molecule has 164 valence electrons. The van der Waals surface area contributed by atoms with E-state index >= 15 is 0 Å². The number of rotatable bonds is 9. The molecule has 0 radical (unpaired) electrons. The Kier molecular flexibility index (Phi) is 8.63. The largest absolute Gasteiger partial charge is 0.493 e. The fraction of sp³-hybridized carbons (Fsp3) is 0.261. The van der Waals surface area contributed by atoms with E-state index in [1.54, 1.807) is 38.1 Å². The van der Waals surface area contributed by atoms with E-state index in [-0.39, 0.29) is 30.0 Å². The minimum absolute atomic E-state index is 0.131. The molecular weight excluding hydrogens is 402 g/mol. The molecule has 0 saturated carbocycles. The van der Waals surface area contributed by atoms with Gasteiger partial charge in [0.1, 0.15) is 0 Å². The van der Waals surface area contributed by atoms with Crippen molar-refractivity contribution in [3.8, 4) is 11.5 Å². The van der Waals surface area contributed by atoms with Crippen LogP contribution >= 0.6 is 0 Å².